The Morgan fingerprint density at radius 2 is 1.86 bits per heavy atom. The van der Waals surface area contributed by atoms with E-state index < -0.39 is 28.8 Å². The summed E-state index contributed by atoms with van der Waals surface area (Å²) in [5, 5.41) is 26.9. The fourth-order valence-electron chi connectivity index (χ4n) is 9.24. The molecule has 14 nitrogen and oxygen atoms in total. The van der Waals surface area contributed by atoms with Gasteiger partial charge in [-0.1, -0.05) is 39.8 Å². The Labute approximate surface area is 371 Å². The number of benzene rings is 2. The summed E-state index contributed by atoms with van der Waals surface area (Å²) < 4.78 is 13.4. The molecule has 0 spiro atoms. The van der Waals surface area contributed by atoms with E-state index in [1.165, 1.54) is 4.90 Å². The standard InChI is InChI=1S/C49H66N6O8/c1-10-54-41-16-15-34(25-38(41)39(26-48(6,7)28-63-29-57)44(54)37-14-11-19-50-42(37)32(5)62-9)35-21-33(22-36(58)24-35)23-40(46(60)55-20-12-13-31(4)52-55)51-45(59)43(30(2)3)53(8)47(61)49(27-56)17-18-49/h11,14-16,19,21-22,24-25,29-32,40,43,52,56,58H,10,12-13,17-18,20,23,26-28H2,1-9H3,(H,51,59)/t31-,32?,40?,43?/m1/s1. The molecule has 2 aromatic carbocycles. The second-order valence-electron chi connectivity index (χ2n) is 18.7. The zero-order chi connectivity index (χ0) is 45.8. The molecular formula is C49H66N6O8. The molecule has 4 N–H and O–H groups in total. The van der Waals surface area contributed by atoms with Crippen molar-refractivity contribution in [3.8, 4) is 28.1 Å². The van der Waals surface area contributed by atoms with Crippen molar-refractivity contribution in [3.63, 3.8) is 0 Å². The van der Waals surface area contributed by atoms with Gasteiger partial charge in [-0.2, -0.15) is 0 Å². The van der Waals surface area contributed by atoms with Gasteiger partial charge in [0.15, 0.2) is 0 Å². The number of ether oxygens (including phenoxy) is 2. The summed E-state index contributed by atoms with van der Waals surface area (Å²) in [4.78, 5) is 59.7. The summed E-state index contributed by atoms with van der Waals surface area (Å²) in [5.74, 6) is -1.35. The number of aliphatic hydroxyl groups is 1. The maximum absolute atomic E-state index is 14.4. The Bertz CT molecular complexity index is 2300. The fraction of sp³-hybridized carbons (Fsp3) is 0.531. The van der Waals surface area contributed by atoms with Crippen LogP contribution in [0.2, 0.25) is 0 Å². The van der Waals surface area contributed by atoms with E-state index >= 15 is 0 Å². The fourth-order valence-corrected chi connectivity index (χ4v) is 9.24. The Hall–Kier alpha value is -5.31. The monoisotopic (exact) mass is 866 g/mol. The van der Waals surface area contributed by atoms with E-state index in [0.717, 1.165) is 51.8 Å². The number of nitrogens with one attached hydrogen (secondary N) is 2. The van der Waals surface area contributed by atoms with Crippen LogP contribution in [0.5, 0.6) is 5.75 Å². The summed E-state index contributed by atoms with van der Waals surface area (Å²) in [6.45, 7) is 15.5. The number of rotatable bonds is 19. The van der Waals surface area contributed by atoms with Crippen LogP contribution >= 0.6 is 0 Å². The molecule has 2 fully saturated rings. The number of methoxy groups -OCH3 is 1. The van der Waals surface area contributed by atoms with Gasteiger partial charge in [-0.15, -0.1) is 0 Å². The number of hydrazine groups is 1. The molecule has 0 radical (unpaired) electrons. The average Bonchev–Trinajstić information content (AvgIpc) is 4.01. The van der Waals surface area contributed by atoms with Crippen molar-refractivity contribution < 1.29 is 38.9 Å². The van der Waals surface area contributed by atoms with Crippen LogP contribution in [0.15, 0.2) is 54.7 Å². The van der Waals surface area contributed by atoms with Crippen LogP contribution in [0.25, 0.3) is 33.3 Å². The van der Waals surface area contributed by atoms with Gasteiger partial charge in [0.05, 0.1) is 36.1 Å². The Balaban J connectivity index is 1.42. The average molecular weight is 867 g/mol. The number of phenolic OH excluding ortho intramolecular Hbond substituents is 1. The number of carbonyl (C=O) groups is 4. The van der Waals surface area contributed by atoms with Gasteiger partial charge in [-0.25, -0.2) is 5.43 Å². The lowest BCUT2D eigenvalue weighted by atomic mass is 9.84. The SMILES string of the molecule is CCn1c(-c2cccnc2C(C)OC)c(CC(C)(C)COC=O)c2cc(-c3cc(O)cc(CC(NC(=O)C(C(C)C)N(C)C(=O)C4(CO)CC4)C(=O)N4CCC[C@@H](C)N4)c3)ccc21. The number of aliphatic hydroxyl groups excluding tert-OH is 1. The molecule has 340 valence electrons. The Morgan fingerprint density at radius 3 is 2.49 bits per heavy atom. The van der Waals surface area contributed by atoms with Crippen LogP contribution in [-0.2, 0) is 48.0 Å². The van der Waals surface area contributed by atoms with Gasteiger partial charge in [0.1, 0.15) is 17.8 Å². The van der Waals surface area contributed by atoms with Crippen LogP contribution in [0.3, 0.4) is 0 Å². The summed E-state index contributed by atoms with van der Waals surface area (Å²) in [6, 6.07) is 13.6. The number of phenols is 1. The highest BCUT2D eigenvalue weighted by molar-refractivity contribution is 5.96. The highest BCUT2D eigenvalue weighted by Crippen LogP contribution is 2.47. The maximum atomic E-state index is 14.4. The lowest BCUT2D eigenvalue weighted by Crippen LogP contribution is -2.61. The maximum Gasteiger partial charge on any atom is 0.293 e. The van der Waals surface area contributed by atoms with Gasteiger partial charge in [0.25, 0.3) is 12.4 Å². The van der Waals surface area contributed by atoms with Gasteiger partial charge in [-0.3, -0.25) is 29.2 Å². The minimum absolute atomic E-state index is 0.00158. The van der Waals surface area contributed by atoms with Crippen molar-refractivity contribution in [1.29, 1.82) is 0 Å². The molecule has 1 aliphatic heterocycles. The molecule has 1 saturated carbocycles. The van der Waals surface area contributed by atoms with Gasteiger partial charge in [0, 0.05) is 67.8 Å². The predicted molar refractivity (Wildman–Crippen MR) is 242 cm³/mol. The largest absolute Gasteiger partial charge is 0.508 e. The van der Waals surface area contributed by atoms with Gasteiger partial charge in [-0.05, 0) is 117 Å². The quantitative estimate of drug-likeness (QED) is 0.0779. The molecule has 2 aliphatic rings. The van der Waals surface area contributed by atoms with Crippen LogP contribution in [0.1, 0.15) is 97.1 Å². The van der Waals surface area contributed by atoms with Crippen molar-refractivity contribution in [3.05, 3.63) is 71.5 Å². The minimum Gasteiger partial charge on any atom is -0.508 e. The van der Waals surface area contributed by atoms with E-state index in [4.69, 9.17) is 14.5 Å². The molecule has 3 heterocycles. The first-order chi connectivity index (χ1) is 30.0. The zero-order valence-electron chi connectivity index (χ0n) is 38.4. The first-order valence-electron chi connectivity index (χ1n) is 22.3. The zero-order valence-corrected chi connectivity index (χ0v) is 38.4. The van der Waals surface area contributed by atoms with Crippen molar-refractivity contribution in [2.24, 2.45) is 16.7 Å². The highest BCUT2D eigenvalue weighted by atomic mass is 16.5. The summed E-state index contributed by atoms with van der Waals surface area (Å²) in [5.41, 5.74) is 8.95. The Kier molecular flexibility index (Phi) is 14.7. The second kappa shape index (κ2) is 19.6. The molecule has 4 aromatic rings. The number of pyridine rings is 1. The lowest BCUT2D eigenvalue weighted by molar-refractivity contribution is -0.147. The number of hydrogen-bond donors (Lipinski definition) is 4. The summed E-state index contributed by atoms with van der Waals surface area (Å²) in [7, 11) is 3.25. The van der Waals surface area contributed by atoms with Crippen molar-refractivity contribution in [2.45, 2.75) is 118 Å². The third kappa shape index (κ3) is 10.2. The van der Waals surface area contributed by atoms with E-state index in [1.807, 2.05) is 45.9 Å². The molecule has 14 heteroatoms. The number of carbonyl (C=O) groups excluding carboxylic acids is 4. The van der Waals surface area contributed by atoms with E-state index in [0.29, 0.717) is 50.0 Å². The summed E-state index contributed by atoms with van der Waals surface area (Å²) in [6.07, 6.45) is 4.95. The second-order valence-corrected chi connectivity index (χ2v) is 18.7. The van der Waals surface area contributed by atoms with Gasteiger partial charge >= 0.3 is 0 Å². The Morgan fingerprint density at radius 1 is 1.11 bits per heavy atom. The normalized spacial score (nSPS) is 17.6. The number of aromatic hydroxyl groups is 1. The molecule has 2 aromatic heterocycles. The highest BCUT2D eigenvalue weighted by Gasteiger charge is 2.52. The molecule has 1 saturated heterocycles. The van der Waals surface area contributed by atoms with E-state index in [9.17, 15) is 29.4 Å². The number of fused-ring (bicyclic) bond motifs is 1. The first kappa shape index (κ1) is 47.2. The number of nitrogens with zero attached hydrogens (tertiary/aromatic N) is 4. The molecular weight excluding hydrogens is 801 g/mol. The third-order valence-electron chi connectivity index (χ3n) is 12.8. The molecule has 6 rings (SSSR count). The van der Waals surface area contributed by atoms with Crippen molar-refractivity contribution >= 4 is 35.1 Å². The van der Waals surface area contributed by atoms with Gasteiger partial charge < -0.3 is 34.5 Å². The van der Waals surface area contributed by atoms with Crippen LogP contribution in [0, 0.1) is 16.7 Å². The van der Waals surface area contributed by atoms with Crippen LogP contribution < -0.4 is 10.7 Å². The van der Waals surface area contributed by atoms with Crippen LogP contribution in [-0.4, -0.2) is 106 Å². The molecule has 0 bridgehead atoms. The van der Waals surface area contributed by atoms with Gasteiger partial charge in [0.2, 0.25) is 11.8 Å². The number of aryl methyl sites for hydroxylation is 1. The molecule has 63 heavy (non-hydrogen) atoms. The van der Waals surface area contributed by atoms with Crippen LogP contribution in [0.4, 0.5) is 0 Å². The molecule has 3 amide bonds. The van der Waals surface area contributed by atoms with E-state index in [-0.39, 0.29) is 55.3 Å². The predicted octanol–water partition coefficient (Wildman–Crippen LogP) is 6.34. The smallest absolute Gasteiger partial charge is 0.293 e. The molecule has 4 atom stereocenters. The lowest BCUT2D eigenvalue weighted by Gasteiger charge is -2.36. The minimum atomic E-state index is -1.03. The van der Waals surface area contributed by atoms with E-state index in [2.05, 4.69) is 54.3 Å². The van der Waals surface area contributed by atoms with Crippen molar-refractivity contribution in [1.82, 2.24) is 30.2 Å². The number of amides is 3. The van der Waals surface area contributed by atoms with Crippen molar-refractivity contribution in [2.75, 3.05) is 33.9 Å². The summed E-state index contributed by atoms with van der Waals surface area (Å²) >= 11 is 0. The molecule has 1 aliphatic carbocycles. The molecule has 3 unspecified atom stereocenters. The number of hydrogen-bond acceptors (Lipinski definition) is 10. The van der Waals surface area contributed by atoms with E-state index in [1.54, 1.807) is 37.5 Å². The number of likely N-dealkylation sites (N-methyl/N-ethyl adjacent to an activating group) is 1. The third-order valence-corrected chi connectivity index (χ3v) is 12.8. The number of aromatic nitrogens is 2. The topological polar surface area (TPSA) is 176 Å². The first-order valence-corrected chi connectivity index (χ1v) is 22.3.